The van der Waals surface area contributed by atoms with Gasteiger partial charge in [0, 0.05) is 19.8 Å². The minimum absolute atomic E-state index is 0.0234. The first-order chi connectivity index (χ1) is 12.9. The Morgan fingerprint density at radius 1 is 0.556 bits per heavy atom. The molecule has 0 heterocycles. The van der Waals surface area contributed by atoms with Crippen molar-refractivity contribution in [2.24, 2.45) is 0 Å². The molecule has 27 heavy (non-hydrogen) atoms. The van der Waals surface area contributed by atoms with Crippen molar-refractivity contribution in [2.45, 2.75) is 57.8 Å². The number of aliphatic hydroxyl groups excluding tert-OH is 3. The second-order valence-electron chi connectivity index (χ2n) is 5.85. The number of hydrogen-bond acceptors (Lipinski definition) is 9. The van der Waals surface area contributed by atoms with Crippen LogP contribution < -0.4 is 0 Å². The van der Waals surface area contributed by atoms with Gasteiger partial charge in [0.2, 0.25) is 0 Å². The smallest absolute Gasteiger partial charge is 0.396 e. The van der Waals surface area contributed by atoms with Crippen LogP contribution in [0.3, 0.4) is 0 Å². The van der Waals surface area contributed by atoms with E-state index in [1.54, 1.807) is 0 Å². The van der Waals surface area contributed by atoms with Crippen LogP contribution in [0.2, 0.25) is 0 Å². The first kappa shape index (κ1) is 27.1. The van der Waals surface area contributed by atoms with Crippen LogP contribution in [0.1, 0.15) is 57.8 Å². The molecule has 0 amide bonds. The minimum Gasteiger partial charge on any atom is -0.396 e. The van der Waals surface area contributed by atoms with Crippen molar-refractivity contribution in [3.63, 3.8) is 0 Å². The van der Waals surface area contributed by atoms with E-state index in [0.29, 0.717) is 57.8 Å². The maximum atomic E-state index is 12.6. The monoisotopic (exact) mass is 436 g/mol. The van der Waals surface area contributed by atoms with Crippen LogP contribution in [0.25, 0.3) is 0 Å². The number of aliphatic hydroxyl groups is 3. The Kier molecular flexibility index (Phi) is 17.1. The van der Waals surface area contributed by atoms with Crippen LogP contribution in [0, 0.1) is 0 Å². The molecule has 4 N–H and O–H groups in total. The van der Waals surface area contributed by atoms with Crippen molar-refractivity contribution >= 4 is 15.6 Å². The largest absolute Gasteiger partial charge is 0.483 e. The molecule has 10 nitrogen and oxygen atoms in total. The van der Waals surface area contributed by atoms with Gasteiger partial charge in [-0.05, 0) is 57.8 Å². The first-order valence-corrected chi connectivity index (χ1v) is 12.2. The van der Waals surface area contributed by atoms with Gasteiger partial charge in [-0.2, -0.15) is 4.31 Å². The van der Waals surface area contributed by atoms with Gasteiger partial charge in [-0.1, -0.05) is 0 Å². The highest BCUT2D eigenvalue weighted by Crippen LogP contribution is 2.63. The topological polar surface area (TPSA) is 152 Å². The van der Waals surface area contributed by atoms with Crippen molar-refractivity contribution in [3.05, 3.63) is 0 Å². The van der Waals surface area contributed by atoms with Gasteiger partial charge in [-0.25, -0.2) is 9.13 Å². The lowest BCUT2D eigenvalue weighted by molar-refractivity contribution is 0.122. The van der Waals surface area contributed by atoms with Crippen LogP contribution in [-0.4, -0.2) is 59.9 Å². The van der Waals surface area contributed by atoms with E-state index in [2.05, 4.69) is 0 Å². The van der Waals surface area contributed by atoms with Crippen molar-refractivity contribution in [1.82, 2.24) is 0 Å². The Bertz CT molecular complexity index is 417. The van der Waals surface area contributed by atoms with Crippen molar-refractivity contribution in [2.75, 3.05) is 39.6 Å². The normalized spacial score (nSPS) is 14.4. The third-order valence-electron chi connectivity index (χ3n) is 3.36. The van der Waals surface area contributed by atoms with Crippen molar-refractivity contribution in [3.8, 4) is 0 Å². The maximum Gasteiger partial charge on any atom is 0.483 e. The molecular formula is C15H34O10P2. The summed E-state index contributed by atoms with van der Waals surface area (Å²) in [5.74, 6) is 0. The minimum atomic E-state index is -4.64. The second-order valence-corrected chi connectivity index (χ2v) is 9.11. The van der Waals surface area contributed by atoms with E-state index in [-0.39, 0.29) is 39.6 Å². The van der Waals surface area contributed by atoms with Gasteiger partial charge in [0.25, 0.3) is 0 Å². The number of hydrogen-bond donors (Lipinski definition) is 4. The van der Waals surface area contributed by atoms with E-state index in [9.17, 15) is 14.0 Å². The SMILES string of the molecule is O=P(O)(OCCCCCO)OP(=O)(OCCCCCO)OCCCCCO. The highest BCUT2D eigenvalue weighted by molar-refractivity contribution is 7.61. The van der Waals surface area contributed by atoms with Gasteiger partial charge in [0.15, 0.2) is 0 Å². The Balaban J connectivity index is 4.50. The molecule has 0 aliphatic carbocycles. The summed E-state index contributed by atoms with van der Waals surface area (Å²) >= 11 is 0. The number of unbranched alkanes of at least 4 members (excludes halogenated alkanes) is 6. The molecule has 0 aliphatic rings. The van der Waals surface area contributed by atoms with Gasteiger partial charge >= 0.3 is 15.6 Å². The molecule has 164 valence electrons. The zero-order valence-corrected chi connectivity index (χ0v) is 17.5. The van der Waals surface area contributed by atoms with E-state index < -0.39 is 15.6 Å². The van der Waals surface area contributed by atoms with Crippen LogP contribution in [0.4, 0.5) is 0 Å². The van der Waals surface area contributed by atoms with Gasteiger partial charge in [-0.15, -0.1) is 0 Å². The van der Waals surface area contributed by atoms with Gasteiger partial charge in [-0.3, -0.25) is 13.6 Å². The molecule has 0 aromatic heterocycles. The standard InChI is InChI=1S/C15H34O10P2/c16-10-4-1-7-13-22-26(19,20)25-27(21,23-14-8-2-5-11-17)24-15-9-3-6-12-18/h16-18H,1-15H2,(H,19,20). The molecule has 0 spiro atoms. The summed E-state index contributed by atoms with van der Waals surface area (Å²) in [5.41, 5.74) is 0. The van der Waals surface area contributed by atoms with Gasteiger partial charge < -0.3 is 20.2 Å². The van der Waals surface area contributed by atoms with E-state index in [1.165, 1.54) is 0 Å². The predicted octanol–water partition coefficient (Wildman–Crippen LogP) is 2.75. The quantitative estimate of drug-likeness (QED) is 0.166. The number of phosphoric acid groups is 2. The summed E-state index contributed by atoms with van der Waals surface area (Å²) in [6.45, 7) is -0.0523. The first-order valence-electron chi connectivity index (χ1n) is 9.29. The van der Waals surface area contributed by atoms with Gasteiger partial charge in [0.05, 0.1) is 19.8 Å². The van der Waals surface area contributed by atoms with Crippen LogP contribution >= 0.6 is 15.6 Å². The van der Waals surface area contributed by atoms with E-state index in [4.69, 9.17) is 33.2 Å². The lowest BCUT2D eigenvalue weighted by Gasteiger charge is -2.20. The number of rotatable bonds is 20. The lowest BCUT2D eigenvalue weighted by Crippen LogP contribution is -2.04. The van der Waals surface area contributed by atoms with E-state index in [0.717, 1.165) is 0 Å². The molecule has 0 bridgehead atoms. The van der Waals surface area contributed by atoms with E-state index >= 15 is 0 Å². The van der Waals surface area contributed by atoms with Crippen LogP contribution in [0.15, 0.2) is 0 Å². The fraction of sp³-hybridized carbons (Fsp3) is 1.00. The lowest BCUT2D eigenvalue weighted by atomic mass is 10.2. The zero-order valence-electron chi connectivity index (χ0n) is 15.7. The second kappa shape index (κ2) is 17.0. The Labute approximate surface area is 161 Å². The average Bonchev–Trinajstić information content (AvgIpc) is 2.61. The summed E-state index contributed by atoms with van der Waals surface area (Å²) in [4.78, 5) is 9.75. The van der Waals surface area contributed by atoms with Crippen molar-refractivity contribution < 1.29 is 47.2 Å². The predicted molar refractivity (Wildman–Crippen MR) is 99.2 cm³/mol. The average molecular weight is 436 g/mol. The maximum absolute atomic E-state index is 12.6. The summed E-state index contributed by atoms with van der Waals surface area (Å²) in [6.07, 6.45) is 4.92. The molecule has 0 radical (unpaired) electrons. The molecule has 0 fully saturated rings. The molecule has 1 atom stereocenters. The number of phosphoric ester groups is 2. The summed E-state index contributed by atoms with van der Waals surface area (Å²) in [5, 5.41) is 26.2. The molecule has 0 saturated heterocycles. The molecule has 0 aliphatic heterocycles. The van der Waals surface area contributed by atoms with Crippen LogP contribution in [0.5, 0.6) is 0 Å². The molecule has 0 rings (SSSR count). The molecule has 0 aromatic carbocycles. The fourth-order valence-corrected chi connectivity index (χ4v) is 4.66. The fourth-order valence-electron chi connectivity index (χ4n) is 1.94. The highest BCUT2D eigenvalue weighted by atomic mass is 31.3. The summed E-state index contributed by atoms with van der Waals surface area (Å²) < 4.78 is 44.3. The molecular weight excluding hydrogens is 402 g/mol. The Hall–Kier alpha value is 0.140. The Morgan fingerprint density at radius 2 is 0.926 bits per heavy atom. The zero-order chi connectivity index (χ0) is 20.4. The summed E-state index contributed by atoms with van der Waals surface area (Å²) in [6, 6.07) is 0. The third kappa shape index (κ3) is 16.8. The third-order valence-corrected chi connectivity index (χ3v) is 6.50. The molecule has 12 heteroatoms. The van der Waals surface area contributed by atoms with Crippen LogP contribution in [-0.2, 0) is 27.0 Å². The van der Waals surface area contributed by atoms with Gasteiger partial charge in [0.1, 0.15) is 0 Å². The molecule has 0 aromatic rings. The van der Waals surface area contributed by atoms with Crippen molar-refractivity contribution in [1.29, 1.82) is 0 Å². The summed E-state index contributed by atoms with van der Waals surface area (Å²) in [7, 11) is -8.94. The molecule has 0 saturated carbocycles. The van der Waals surface area contributed by atoms with E-state index in [1.807, 2.05) is 0 Å². The Morgan fingerprint density at radius 3 is 1.30 bits per heavy atom. The highest BCUT2D eigenvalue weighted by Gasteiger charge is 2.38. The molecule has 1 unspecified atom stereocenters.